The molecule has 5 rings (SSSR count). The van der Waals surface area contributed by atoms with E-state index >= 15 is 0 Å². The smallest absolute Gasteiger partial charge is 0.336 e. The van der Waals surface area contributed by atoms with Crippen molar-refractivity contribution >= 4 is 11.0 Å². The molecular weight excluding hydrogens is 326 g/mol. The van der Waals surface area contributed by atoms with Crippen LogP contribution in [-0.4, -0.2) is 18.2 Å². The lowest BCUT2D eigenvalue weighted by Gasteiger charge is -2.29. The third-order valence-electron chi connectivity index (χ3n) is 5.53. The maximum absolute atomic E-state index is 12.1. The van der Waals surface area contributed by atoms with Crippen molar-refractivity contribution in [2.24, 2.45) is 0 Å². The number of benzene rings is 2. The lowest BCUT2D eigenvalue weighted by Crippen LogP contribution is -2.42. The third-order valence-corrected chi connectivity index (χ3v) is 5.53. The molecule has 2 bridgehead atoms. The minimum Gasteiger partial charge on any atom is -0.490 e. The predicted octanol–water partition coefficient (Wildman–Crippen LogP) is 4.12. The highest BCUT2D eigenvalue weighted by molar-refractivity contribution is 5.93. The minimum atomic E-state index is -0.339. The molecule has 3 heterocycles. The van der Waals surface area contributed by atoms with Crippen LogP contribution in [0.5, 0.6) is 5.75 Å². The van der Waals surface area contributed by atoms with Crippen molar-refractivity contribution in [3.8, 4) is 16.9 Å². The van der Waals surface area contributed by atoms with Gasteiger partial charge in [0.05, 0.1) is 0 Å². The Kier molecular flexibility index (Phi) is 3.79. The van der Waals surface area contributed by atoms with Crippen molar-refractivity contribution in [1.82, 2.24) is 5.32 Å². The SMILES string of the molecule is O=c1cc(-c2ccccc2)c2ccc(OC3C[C@@H]4CC[C@@H](C3)N4)cc2o1. The van der Waals surface area contributed by atoms with Crippen molar-refractivity contribution in [1.29, 1.82) is 0 Å². The van der Waals surface area contributed by atoms with Gasteiger partial charge in [-0.05, 0) is 48.9 Å². The standard InChI is InChI=1S/C22H21NO3/c24-22-13-20(14-4-2-1-3-5-14)19-9-8-17(12-21(19)26-22)25-18-10-15-6-7-16(11-18)23-15/h1-5,8-9,12-13,15-16,18,23H,6-7,10-11H2/t15-,16-/m0/s1. The van der Waals surface area contributed by atoms with Crippen LogP contribution in [0.3, 0.4) is 0 Å². The maximum Gasteiger partial charge on any atom is 0.336 e. The highest BCUT2D eigenvalue weighted by Crippen LogP contribution is 2.32. The van der Waals surface area contributed by atoms with Gasteiger partial charge in [0, 0.05) is 29.6 Å². The van der Waals surface area contributed by atoms with Crippen molar-refractivity contribution in [3.05, 3.63) is 65.0 Å². The molecule has 0 aliphatic carbocycles. The molecule has 4 nitrogen and oxygen atoms in total. The van der Waals surface area contributed by atoms with Gasteiger partial charge in [-0.15, -0.1) is 0 Å². The normalized spacial score (nSPS) is 24.7. The number of ether oxygens (including phenoxy) is 1. The first-order chi connectivity index (χ1) is 12.7. The zero-order valence-electron chi connectivity index (χ0n) is 14.5. The van der Waals surface area contributed by atoms with Crippen LogP contribution in [0.4, 0.5) is 0 Å². The molecule has 3 aromatic rings. The van der Waals surface area contributed by atoms with Gasteiger partial charge in [-0.1, -0.05) is 30.3 Å². The van der Waals surface area contributed by atoms with Crippen LogP contribution in [0, 0.1) is 0 Å². The fourth-order valence-electron chi connectivity index (χ4n) is 4.37. The van der Waals surface area contributed by atoms with Gasteiger partial charge in [0.15, 0.2) is 0 Å². The Morgan fingerprint density at radius 3 is 2.50 bits per heavy atom. The molecule has 2 saturated heterocycles. The van der Waals surface area contributed by atoms with Crippen molar-refractivity contribution < 1.29 is 9.15 Å². The van der Waals surface area contributed by atoms with E-state index in [0.717, 1.165) is 35.1 Å². The average Bonchev–Trinajstić information content (AvgIpc) is 3.00. The van der Waals surface area contributed by atoms with Gasteiger partial charge in [-0.2, -0.15) is 0 Å². The van der Waals surface area contributed by atoms with Crippen LogP contribution in [0.25, 0.3) is 22.1 Å². The Morgan fingerprint density at radius 2 is 1.73 bits per heavy atom. The van der Waals surface area contributed by atoms with E-state index in [1.807, 2.05) is 48.5 Å². The Hall–Kier alpha value is -2.59. The summed E-state index contributed by atoms with van der Waals surface area (Å²) in [5.41, 5.74) is 2.14. The lowest BCUT2D eigenvalue weighted by atomic mass is 10.0. The molecule has 4 heteroatoms. The number of nitrogens with one attached hydrogen (secondary N) is 1. The Labute approximate surface area is 151 Å². The van der Waals surface area contributed by atoms with Crippen LogP contribution in [0.15, 0.2) is 63.8 Å². The molecule has 132 valence electrons. The quantitative estimate of drug-likeness (QED) is 0.724. The highest BCUT2D eigenvalue weighted by atomic mass is 16.5. The molecule has 2 fully saturated rings. The van der Waals surface area contributed by atoms with Gasteiger partial charge in [0.2, 0.25) is 0 Å². The summed E-state index contributed by atoms with van der Waals surface area (Å²) in [6.45, 7) is 0. The van der Waals surface area contributed by atoms with Gasteiger partial charge < -0.3 is 14.5 Å². The van der Waals surface area contributed by atoms with E-state index in [0.29, 0.717) is 17.7 Å². The first-order valence-corrected chi connectivity index (χ1v) is 9.31. The Balaban J connectivity index is 1.49. The van der Waals surface area contributed by atoms with Crippen LogP contribution in [0.2, 0.25) is 0 Å². The summed E-state index contributed by atoms with van der Waals surface area (Å²) in [4.78, 5) is 12.1. The molecule has 0 radical (unpaired) electrons. The van der Waals surface area contributed by atoms with Crippen molar-refractivity contribution in [2.45, 2.75) is 43.9 Å². The molecule has 1 aromatic heterocycles. The molecule has 0 unspecified atom stereocenters. The molecule has 2 atom stereocenters. The summed E-state index contributed by atoms with van der Waals surface area (Å²) in [6, 6.07) is 18.5. The monoisotopic (exact) mass is 347 g/mol. The molecule has 1 N–H and O–H groups in total. The number of rotatable bonds is 3. The van der Waals surface area contributed by atoms with Crippen LogP contribution < -0.4 is 15.7 Å². The van der Waals surface area contributed by atoms with Gasteiger partial charge in [-0.3, -0.25) is 0 Å². The second-order valence-electron chi connectivity index (χ2n) is 7.35. The Bertz CT molecular complexity index is 983. The average molecular weight is 347 g/mol. The first-order valence-electron chi connectivity index (χ1n) is 9.31. The minimum absolute atomic E-state index is 0.232. The van der Waals surface area contributed by atoms with Crippen LogP contribution in [0.1, 0.15) is 25.7 Å². The maximum atomic E-state index is 12.1. The highest BCUT2D eigenvalue weighted by Gasteiger charge is 2.34. The fourth-order valence-corrected chi connectivity index (χ4v) is 4.37. The summed E-state index contributed by atoms with van der Waals surface area (Å²) in [7, 11) is 0. The molecule has 0 spiro atoms. The number of fused-ring (bicyclic) bond motifs is 3. The Morgan fingerprint density at radius 1 is 0.962 bits per heavy atom. The molecule has 2 aromatic carbocycles. The molecule has 2 aliphatic rings. The van der Waals surface area contributed by atoms with E-state index in [1.165, 1.54) is 12.8 Å². The first kappa shape index (κ1) is 15.6. The molecular formula is C22H21NO3. The van der Waals surface area contributed by atoms with E-state index in [2.05, 4.69) is 5.32 Å². The van der Waals surface area contributed by atoms with Gasteiger partial charge in [0.1, 0.15) is 17.4 Å². The van der Waals surface area contributed by atoms with Crippen molar-refractivity contribution in [2.75, 3.05) is 0 Å². The summed E-state index contributed by atoms with van der Waals surface area (Å²) >= 11 is 0. The van der Waals surface area contributed by atoms with Gasteiger partial charge in [0.25, 0.3) is 0 Å². The van der Waals surface area contributed by atoms with Crippen molar-refractivity contribution in [3.63, 3.8) is 0 Å². The van der Waals surface area contributed by atoms with E-state index < -0.39 is 0 Å². The zero-order chi connectivity index (χ0) is 17.5. The summed E-state index contributed by atoms with van der Waals surface area (Å²) < 4.78 is 11.7. The largest absolute Gasteiger partial charge is 0.490 e. The van der Waals surface area contributed by atoms with Crippen LogP contribution >= 0.6 is 0 Å². The molecule has 26 heavy (non-hydrogen) atoms. The molecule has 0 amide bonds. The number of hydrogen-bond acceptors (Lipinski definition) is 4. The third kappa shape index (κ3) is 2.90. The number of hydrogen-bond donors (Lipinski definition) is 1. The van der Waals surface area contributed by atoms with Crippen LogP contribution in [-0.2, 0) is 0 Å². The molecule has 0 saturated carbocycles. The number of piperidine rings is 1. The van der Waals surface area contributed by atoms with E-state index in [1.54, 1.807) is 6.07 Å². The topological polar surface area (TPSA) is 51.5 Å². The molecule has 2 aliphatic heterocycles. The van der Waals surface area contributed by atoms with E-state index in [4.69, 9.17) is 9.15 Å². The predicted molar refractivity (Wildman–Crippen MR) is 102 cm³/mol. The summed E-state index contributed by atoms with van der Waals surface area (Å²) in [6.07, 6.45) is 4.82. The van der Waals surface area contributed by atoms with E-state index in [-0.39, 0.29) is 11.7 Å². The van der Waals surface area contributed by atoms with Gasteiger partial charge in [-0.25, -0.2) is 4.79 Å². The second kappa shape index (κ2) is 6.29. The summed E-state index contributed by atoms with van der Waals surface area (Å²) in [5, 5.41) is 4.55. The van der Waals surface area contributed by atoms with E-state index in [9.17, 15) is 4.79 Å². The second-order valence-corrected chi connectivity index (χ2v) is 7.35. The van der Waals surface area contributed by atoms with Gasteiger partial charge >= 0.3 is 5.63 Å². The lowest BCUT2D eigenvalue weighted by molar-refractivity contribution is 0.137. The fraction of sp³-hybridized carbons (Fsp3) is 0.318. The summed E-state index contributed by atoms with van der Waals surface area (Å²) in [5.74, 6) is 0.775. The zero-order valence-corrected chi connectivity index (χ0v) is 14.5.